The summed E-state index contributed by atoms with van der Waals surface area (Å²) in [7, 11) is 0. The SMILES string of the molecule is CC(C)N1CCc2nc(CN3CCCCC3CNC(=O)CCN)sc2C1. The van der Waals surface area contributed by atoms with Crippen LogP contribution < -0.4 is 11.1 Å². The lowest BCUT2D eigenvalue weighted by molar-refractivity contribution is -0.121. The first kappa shape index (κ1) is 19.7. The van der Waals surface area contributed by atoms with Gasteiger partial charge in [-0.05, 0) is 33.2 Å². The Hall–Kier alpha value is -1.02. The fraction of sp³-hybridized carbons (Fsp3) is 0.789. The van der Waals surface area contributed by atoms with E-state index in [0.717, 1.165) is 45.6 Å². The second-order valence-electron chi connectivity index (χ2n) is 7.75. The third-order valence-electron chi connectivity index (χ3n) is 5.53. The van der Waals surface area contributed by atoms with Crippen LogP contribution in [0.3, 0.4) is 0 Å². The molecule has 1 aromatic heterocycles. The molecule has 0 saturated carbocycles. The fourth-order valence-corrected chi connectivity index (χ4v) is 5.07. The Kier molecular flexibility index (Phi) is 7.03. The molecule has 0 bridgehead atoms. The summed E-state index contributed by atoms with van der Waals surface area (Å²) in [4.78, 5) is 23.2. The van der Waals surface area contributed by atoms with E-state index in [2.05, 4.69) is 29.0 Å². The predicted molar refractivity (Wildman–Crippen MR) is 106 cm³/mol. The molecular weight excluding hydrogens is 346 g/mol. The molecule has 1 amide bonds. The number of nitrogens with zero attached hydrogens (tertiary/aromatic N) is 3. The van der Waals surface area contributed by atoms with Crippen molar-refractivity contribution in [3.63, 3.8) is 0 Å². The largest absolute Gasteiger partial charge is 0.354 e. The maximum atomic E-state index is 11.7. The van der Waals surface area contributed by atoms with Gasteiger partial charge in [0.25, 0.3) is 0 Å². The van der Waals surface area contributed by atoms with Crippen LogP contribution in [0.5, 0.6) is 0 Å². The summed E-state index contributed by atoms with van der Waals surface area (Å²) in [6, 6.07) is 1.01. The van der Waals surface area contributed by atoms with Gasteiger partial charge in [-0.3, -0.25) is 14.6 Å². The minimum atomic E-state index is 0.0662. The van der Waals surface area contributed by atoms with Crippen molar-refractivity contribution in [1.29, 1.82) is 0 Å². The number of likely N-dealkylation sites (tertiary alicyclic amines) is 1. The standard InChI is InChI=1S/C19H33N5OS/c1-14(2)23-10-7-16-17(12-23)26-19(22-16)13-24-9-4-3-5-15(24)11-21-18(25)6-8-20/h14-15H,3-13,20H2,1-2H3,(H,21,25). The van der Waals surface area contributed by atoms with E-state index in [9.17, 15) is 4.79 Å². The van der Waals surface area contributed by atoms with E-state index < -0.39 is 0 Å². The quantitative estimate of drug-likeness (QED) is 0.755. The number of nitrogens with one attached hydrogen (secondary N) is 1. The molecule has 3 heterocycles. The maximum absolute atomic E-state index is 11.7. The van der Waals surface area contributed by atoms with Gasteiger partial charge in [-0.15, -0.1) is 11.3 Å². The number of aromatic nitrogens is 1. The highest BCUT2D eigenvalue weighted by atomic mass is 32.1. The molecule has 0 aliphatic carbocycles. The minimum absolute atomic E-state index is 0.0662. The van der Waals surface area contributed by atoms with Gasteiger partial charge in [0.15, 0.2) is 0 Å². The van der Waals surface area contributed by atoms with Gasteiger partial charge in [-0.2, -0.15) is 0 Å². The molecule has 1 aromatic rings. The van der Waals surface area contributed by atoms with E-state index in [-0.39, 0.29) is 5.91 Å². The molecule has 0 spiro atoms. The van der Waals surface area contributed by atoms with Gasteiger partial charge in [-0.1, -0.05) is 6.42 Å². The van der Waals surface area contributed by atoms with Crippen LogP contribution in [0.25, 0.3) is 0 Å². The number of carbonyl (C=O) groups excluding carboxylic acids is 1. The van der Waals surface area contributed by atoms with E-state index in [0.29, 0.717) is 25.0 Å². The molecule has 146 valence electrons. The van der Waals surface area contributed by atoms with E-state index >= 15 is 0 Å². The lowest BCUT2D eigenvalue weighted by Crippen LogP contribution is -2.46. The van der Waals surface area contributed by atoms with Crippen LogP contribution in [0.15, 0.2) is 0 Å². The van der Waals surface area contributed by atoms with Gasteiger partial charge in [-0.25, -0.2) is 4.98 Å². The normalized spacial score (nSPS) is 21.8. The summed E-state index contributed by atoms with van der Waals surface area (Å²) in [5, 5.41) is 4.29. The average molecular weight is 380 g/mol. The number of amides is 1. The van der Waals surface area contributed by atoms with Gasteiger partial charge in [0.1, 0.15) is 5.01 Å². The highest BCUT2D eigenvalue weighted by molar-refractivity contribution is 7.11. The summed E-state index contributed by atoms with van der Waals surface area (Å²) < 4.78 is 0. The molecule has 0 aromatic carbocycles. The number of thiazole rings is 1. The number of hydrogen-bond acceptors (Lipinski definition) is 6. The molecule has 26 heavy (non-hydrogen) atoms. The van der Waals surface area contributed by atoms with Crippen molar-refractivity contribution >= 4 is 17.2 Å². The van der Waals surface area contributed by atoms with Crippen molar-refractivity contribution in [2.75, 3.05) is 26.2 Å². The molecule has 3 rings (SSSR count). The number of fused-ring (bicyclic) bond motifs is 1. The second kappa shape index (κ2) is 9.26. The molecule has 1 atom stereocenters. The first-order valence-electron chi connectivity index (χ1n) is 9.99. The monoisotopic (exact) mass is 379 g/mol. The summed E-state index contributed by atoms with van der Waals surface area (Å²) >= 11 is 1.89. The first-order valence-corrected chi connectivity index (χ1v) is 10.8. The molecule has 1 unspecified atom stereocenters. The summed E-state index contributed by atoms with van der Waals surface area (Å²) in [6.45, 7) is 9.85. The Morgan fingerprint density at radius 2 is 2.23 bits per heavy atom. The highest BCUT2D eigenvalue weighted by Gasteiger charge is 2.26. The Labute approximate surface area is 161 Å². The number of carbonyl (C=O) groups is 1. The first-order chi connectivity index (χ1) is 12.6. The zero-order valence-electron chi connectivity index (χ0n) is 16.2. The zero-order chi connectivity index (χ0) is 18.5. The molecule has 2 aliphatic rings. The molecular formula is C19H33N5OS. The van der Waals surface area contributed by atoms with E-state index in [1.807, 2.05) is 11.3 Å². The molecule has 1 saturated heterocycles. The van der Waals surface area contributed by atoms with Crippen LogP contribution in [0.2, 0.25) is 0 Å². The van der Waals surface area contributed by atoms with Crippen LogP contribution in [0.4, 0.5) is 0 Å². The van der Waals surface area contributed by atoms with Gasteiger partial charge in [0.2, 0.25) is 5.91 Å². The van der Waals surface area contributed by atoms with Crippen LogP contribution in [-0.2, 0) is 24.3 Å². The topological polar surface area (TPSA) is 74.5 Å². The van der Waals surface area contributed by atoms with Crippen LogP contribution >= 0.6 is 11.3 Å². The minimum Gasteiger partial charge on any atom is -0.354 e. The highest BCUT2D eigenvalue weighted by Crippen LogP contribution is 2.28. The third-order valence-corrected chi connectivity index (χ3v) is 6.60. The van der Waals surface area contributed by atoms with E-state index in [1.165, 1.54) is 28.4 Å². The molecule has 3 N–H and O–H groups in total. The predicted octanol–water partition coefficient (Wildman–Crippen LogP) is 1.73. The van der Waals surface area contributed by atoms with Crippen molar-refractivity contribution in [1.82, 2.24) is 20.1 Å². The van der Waals surface area contributed by atoms with Crippen molar-refractivity contribution < 1.29 is 4.79 Å². The Bertz CT molecular complexity index is 603. The smallest absolute Gasteiger partial charge is 0.221 e. The number of nitrogens with two attached hydrogens (primary N) is 1. The van der Waals surface area contributed by atoms with E-state index in [1.54, 1.807) is 0 Å². The zero-order valence-corrected chi connectivity index (χ0v) is 17.0. The molecule has 1 fully saturated rings. The van der Waals surface area contributed by atoms with Gasteiger partial charge in [0, 0.05) is 56.0 Å². The molecule has 7 heteroatoms. The second-order valence-corrected chi connectivity index (χ2v) is 8.92. The van der Waals surface area contributed by atoms with Crippen molar-refractivity contribution in [2.45, 2.75) is 71.1 Å². The number of piperidine rings is 1. The summed E-state index contributed by atoms with van der Waals surface area (Å²) in [5.74, 6) is 0.0662. The Morgan fingerprint density at radius 3 is 3.00 bits per heavy atom. The van der Waals surface area contributed by atoms with Crippen LogP contribution in [0.1, 0.15) is 55.1 Å². The van der Waals surface area contributed by atoms with E-state index in [4.69, 9.17) is 10.7 Å². The Balaban J connectivity index is 1.59. The van der Waals surface area contributed by atoms with Crippen LogP contribution in [-0.4, -0.2) is 59.0 Å². The maximum Gasteiger partial charge on any atom is 0.221 e. The Morgan fingerprint density at radius 1 is 1.38 bits per heavy atom. The fourth-order valence-electron chi connectivity index (χ4n) is 3.90. The van der Waals surface area contributed by atoms with Crippen molar-refractivity contribution in [3.8, 4) is 0 Å². The molecule has 6 nitrogen and oxygen atoms in total. The van der Waals surface area contributed by atoms with Gasteiger partial charge in [0.05, 0.1) is 12.2 Å². The summed E-state index contributed by atoms with van der Waals surface area (Å²) in [6.07, 6.45) is 5.11. The lowest BCUT2D eigenvalue weighted by atomic mass is 10.0. The van der Waals surface area contributed by atoms with Gasteiger partial charge >= 0.3 is 0 Å². The lowest BCUT2D eigenvalue weighted by Gasteiger charge is -2.35. The van der Waals surface area contributed by atoms with Crippen molar-refractivity contribution in [3.05, 3.63) is 15.6 Å². The third kappa shape index (κ3) is 5.03. The number of hydrogen-bond donors (Lipinski definition) is 2. The number of rotatable bonds is 7. The average Bonchev–Trinajstić information content (AvgIpc) is 3.02. The molecule has 0 radical (unpaired) electrons. The molecule has 2 aliphatic heterocycles. The summed E-state index contributed by atoms with van der Waals surface area (Å²) in [5.41, 5.74) is 6.77. The van der Waals surface area contributed by atoms with Gasteiger partial charge < -0.3 is 11.1 Å². The van der Waals surface area contributed by atoms with Crippen molar-refractivity contribution in [2.24, 2.45) is 5.73 Å². The van der Waals surface area contributed by atoms with Crippen LogP contribution in [0, 0.1) is 0 Å².